The van der Waals surface area contributed by atoms with Gasteiger partial charge in [-0.3, -0.25) is 0 Å². The molecular formula is C30H22N2. The lowest BCUT2D eigenvalue weighted by Crippen LogP contribution is -2.28. The molecule has 32 heavy (non-hydrogen) atoms. The third-order valence-electron chi connectivity index (χ3n) is 6.91. The third-order valence-corrected chi connectivity index (χ3v) is 6.91. The van der Waals surface area contributed by atoms with E-state index in [4.69, 9.17) is 0 Å². The Morgan fingerprint density at radius 2 is 1.28 bits per heavy atom. The molecule has 2 atom stereocenters. The molecule has 2 aliphatic rings. The molecule has 1 aliphatic carbocycles. The highest BCUT2D eigenvalue weighted by Gasteiger charge is 2.38. The second kappa shape index (κ2) is 6.73. The fourth-order valence-corrected chi connectivity index (χ4v) is 5.63. The van der Waals surface area contributed by atoms with E-state index in [1.54, 1.807) is 0 Å². The Labute approximate surface area is 187 Å². The molecule has 7 rings (SSSR count). The molecule has 0 bridgehead atoms. The molecule has 0 saturated heterocycles. The van der Waals surface area contributed by atoms with E-state index in [9.17, 15) is 0 Å². The number of rotatable bonds is 2. The number of hydrogen-bond donors (Lipinski definition) is 0. The molecule has 1 aliphatic heterocycles. The molecule has 1 aromatic heterocycles. The van der Waals surface area contributed by atoms with Crippen LogP contribution in [0.25, 0.3) is 27.5 Å². The highest BCUT2D eigenvalue weighted by Crippen LogP contribution is 2.50. The summed E-state index contributed by atoms with van der Waals surface area (Å²) in [4.78, 5) is 2.55. The lowest BCUT2D eigenvalue weighted by molar-refractivity contribution is 0.746. The smallest absolute Gasteiger partial charge is 0.0629 e. The molecule has 5 aromatic rings. The Bertz CT molecular complexity index is 1540. The van der Waals surface area contributed by atoms with Gasteiger partial charge in [-0.25, -0.2) is 0 Å². The fraction of sp³-hybridized carbons (Fsp3) is 0.0667. The first-order valence-electron chi connectivity index (χ1n) is 11.2. The van der Waals surface area contributed by atoms with Crippen molar-refractivity contribution in [3.8, 4) is 5.69 Å². The Morgan fingerprint density at radius 1 is 0.562 bits per heavy atom. The van der Waals surface area contributed by atoms with Gasteiger partial charge < -0.3 is 9.47 Å². The van der Waals surface area contributed by atoms with Gasteiger partial charge in [-0.15, -0.1) is 0 Å². The lowest BCUT2D eigenvalue weighted by Gasteiger charge is -2.29. The summed E-state index contributed by atoms with van der Waals surface area (Å²) in [6, 6.07) is 35.4. The first kappa shape index (κ1) is 17.6. The Balaban J connectivity index is 1.57. The van der Waals surface area contributed by atoms with Crippen LogP contribution in [0.2, 0.25) is 0 Å². The Hall–Kier alpha value is -4.04. The molecule has 2 nitrogen and oxygen atoms in total. The first-order chi connectivity index (χ1) is 15.9. The van der Waals surface area contributed by atoms with Crippen molar-refractivity contribution in [2.45, 2.75) is 12.0 Å². The summed E-state index contributed by atoms with van der Waals surface area (Å²) in [5, 5.41) is 2.60. The van der Waals surface area contributed by atoms with E-state index in [1.165, 1.54) is 44.4 Å². The second-order valence-electron chi connectivity index (χ2n) is 8.57. The Kier molecular flexibility index (Phi) is 3.71. The maximum absolute atomic E-state index is 2.55. The van der Waals surface area contributed by atoms with E-state index < -0.39 is 0 Å². The first-order valence-corrected chi connectivity index (χ1v) is 11.2. The van der Waals surface area contributed by atoms with Crippen molar-refractivity contribution in [2.75, 3.05) is 4.90 Å². The number of para-hydroxylation sites is 3. The molecule has 0 N–H and O–H groups in total. The van der Waals surface area contributed by atoms with Crippen LogP contribution < -0.4 is 4.90 Å². The SMILES string of the molecule is C1=CC2c3ccccc3N(c3cccc4c3c3ccccc3n4-c3ccccc3)C2C=C1. The fourth-order valence-electron chi connectivity index (χ4n) is 5.63. The van der Waals surface area contributed by atoms with E-state index in [1.807, 2.05) is 0 Å². The Morgan fingerprint density at radius 3 is 2.22 bits per heavy atom. The average molecular weight is 411 g/mol. The summed E-state index contributed by atoms with van der Waals surface area (Å²) in [5.74, 6) is 0.383. The minimum atomic E-state index is 0.293. The summed E-state index contributed by atoms with van der Waals surface area (Å²) in [6.07, 6.45) is 9.06. The van der Waals surface area contributed by atoms with Crippen LogP contribution in [0.15, 0.2) is 121 Å². The molecule has 4 aromatic carbocycles. The summed E-state index contributed by atoms with van der Waals surface area (Å²) >= 11 is 0. The molecular weight excluding hydrogens is 388 g/mol. The van der Waals surface area contributed by atoms with Gasteiger partial charge in [0.05, 0.1) is 22.8 Å². The average Bonchev–Trinajstić information content (AvgIpc) is 3.38. The number of fused-ring (bicyclic) bond motifs is 6. The van der Waals surface area contributed by atoms with Gasteiger partial charge in [-0.05, 0) is 42.0 Å². The molecule has 0 fully saturated rings. The van der Waals surface area contributed by atoms with Gasteiger partial charge in [0.15, 0.2) is 0 Å². The second-order valence-corrected chi connectivity index (χ2v) is 8.57. The predicted octanol–water partition coefficient (Wildman–Crippen LogP) is 7.51. The molecule has 0 radical (unpaired) electrons. The molecule has 0 amide bonds. The van der Waals surface area contributed by atoms with Crippen molar-refractivity contribution in [1.82, 2.24) is 4.57 Å². The number of aromatic nitrogens is 1. The van der Waals surface area contributed by atoms with E-state index in [-0.39, 0.29) is 0 Å². The van der Waals surface area contributed by atoms with Gasteiger partial charge in [0.25, 0.3) is 0 Å². The van der Waals surface area contributed by atoms with Crippen molar-refractivity contribution in [3.05, 3.63) is 127 Å². The van der Waals surface area contributed by atoms with Crippen molar-refractivity contribution in [2.24, 2.45) is 0 Å². The van der Waals surface area contributed by atoms with Crippen molar-refractivity contribution >= 4 is 33.2 Å². The molecule has 152 valence electrons. The number of nitrogens with zero attached hydrogens (tertiary/aromatic N) is 2. The highest BCUT2D eigenvalue weighted by molar-refractivity contribution is 6.16. The number of allylic oxidation sites excluding steroid dienone is 2. The van der Waals surface area contributed by atoms with Crippen LogP contribution in [0, 0.1) is 0 Å². The van der Waals surface area contributed by atoms with Gasteiger partial charge in [0.2, 0.25) is 0 Å². The van der Waals surface area contributed by atoms with Crippen LogP contribution >= 0.6 is 0 Å². The predicted molar refractivity (Wildman–Crippen MR) is 134 cm³/mol. The van der Waals surface area contributed by atoms with Gasteiger partial charge in [0, 0.05) is 28.1 Å². The zero-order valence-corrected chi connectivity index (χ0v) is 17.6. The normalized spacial score (nSPS) is 18.9. The third kappa shape index (κ3) is 2.35. The minimum Gasteiger partial charge on any atom is -0.333 e. The zero-order valence-electron chi connectivity index (χ0n) is 17.6. The minimum absolute atomic E-state index is 0.293. The van der Waals surface area contributed by atoms with Crippen LogP contribution in [0.4, 0.5) is 11.4 Å². The van der Waals surface area contributed by atoms with Gasteiger partial charge in [0.1, 0.15) is 0 Å². The highest BCUT2D eigenvalue weighted by atomic mass is 15.2. The van der Waals surface area contributed by atoms with E-state index >= 15 is 0 Å². The summed E-state index contributed by atoms with van der Waals surface area (Å²) < 4.78 is 2.39. The number of hydrogen-bond acceptors (Lipinski definition) is 1. The maximum Gasteiger partial charge on any atom is 0.0629 e. The van der Waals surface area contributed by atoms with Crippen LogP contribution in [0.5, 0.6) is 0 Å². The van der Waals surface area contributed by atoms with Crippen molar-refractivity contribution in [1.29, 1.82) is 0 Å². The molecule has 2 unspecified atom stereocenters. The summed E-state index contributed by atoms with van der Waals surface area (Å²) in [5.41, 5.74) is 7.66. The molecule has 2 heteroatoms. The maximum atomic E-state index is 2.55. The van der Waals surface area contributed by atoms with Crippen LogP contribution in [0.1, 0.15) is 11.5 Å². The standard InChI is InChI=1S/C30H22N2/c1-2-11-21(12-3-1)31-27-18-9-6-15-24(27)30-28(31)19-10-20-29(30)32-25-16-7-4-13-22(25)23-14-5-8-17-26(23)32/h1-20,22,25H. The topological polar surface area (TPSA) is 8.17 Å². The quantitative estimate of drug-likeness (QED) is 0.292. The van der Waals surface area contributed by atoms with Crippen LogP contribution in [-0.4, -0.2) is 10.6 Å². The molecule has 2 heterocycles. The van der Waals surface area contributed by atoms with E-state index in [0.29, 0.717) is 12.0 Å². The van der Waals surface area contributed by atoms with Crippen LogP contribution in [0.3, 0.4) is 0 Å². The summed E-state index contributed by atoms with van der Waals surface area (Å²) in [6.45, 7) is 0. The van der Waals surface area contributed by atoms with Crippen molar-refractivity contribution < 1.29 is 0 Å². The number of anilines is 2. The number of benzene rings is 4. The van der Waals surface area contributed by atoms with Crippen molar-refractivity contribution in [3.63, 3.8) is 0 Å². The zero-order chi connectivity index (χ0) is 21.1. The van der Waals surface area contributed by atoms with Gasteiger partial charge in [-0.1, -0.05) is 85.0 Å². The van der Waals surface area contributed by atoms with E-state index in [0.717, 1.165) is 0 Å². The van der Waals surface area contributed by atoms with E-state index in [2.05, 4.69) is 131 Å². The van der Waals surface area contributed by atoms with Gasteiger partial charge >= 0.3 is 0 Å². The monoisotopic (exact) mass is 410 g/mol. The van der Waals surface area contributed by atoms with Gasteiger partial charge in [-0.2, -0.15) is 0 Å². The molecule has 0 spiro atoms. The molecule has 0 saturated carbocycles. The largest absolute Gasteiger partial charge is 0.333 e. The summed E-state index contributed by atoms with van der Waals surface area (Å²) in [7, 11) is 0. The lowest BCUT2D eigenvalue weighted by atomic mass is 9.91. The van der Waals surface area contributed by atoms with Crippen LogP contribution in [-0.2, 0) is 0 Å².